The Kier molecular flexibility index (Phi) is 7.52. The first-order chi connectivity index (χ1) is 15.2. The second kappa shape index (κ2) is 10.1. The normalized spacial score (nSPS) is 22.9. The van der Waals surface area contributed by atoms with E-state index in [4.69, 9.17) is 19.4 Å². The Hall–Kier alpha value is -2.92. The van der Waals surface area contributed by atoms with Crippen LogP contribution in [-0.2, 0) is 16.1 Å². The maximum absolute atomic E-state index is 10.6. The van der Waals surface area contributed by atoms with Crippen molar-refractivity contribution in [2.24, 2.45) is 0 Å². The molecule has 2 aromatic rings. The number of aliphatic carboxylic acids is 1. The smallest absolute Gasteiger partial charge is 0.490 e. The Balaban J connectivity index is 0.000000360. The molecule has 1 aromatic heterocycles. The predicted molar refractivity (Wildman–Crippen MR) is 109 cm³/mol. The molecular formula is C21H25F3N4O4. The highest BCUT2D eigenvalue weighted by atomic mass is 19.4. The van der Waals surface area contributed by atoms with Crippen molar-refractivity contribution in [2.45, 2.75) is 37.2 Å². The molecule has 2 saturated heterocycles. The molecule has 8 nitrogen and oxygen atoms in total. The number of likely N-dealkylation sites (tertiary alicyclic amines) is 1. The molecule has 1 aromatic carbocycles. The van der Waals surface area contributed by atoms with Gasteiger partial charge in [0.25, 0.3) is 0 Å². The lowest BCUT2D eigenvalue weighted by molar-refractivity contribution is -0.192. The first-order valence-electron chi connectivity index (χ1n) is 10.0. The van der Waals surface area contributed by atoms with Crippen LogP contribution in [0.2, 0.25) is 0 Å². The summed E-state index contributed by atoms with van der Waals surface area (Å²) in [4.78, 5) is 19.8. The number of hydrogen-bond acceptors (Lipinski definition) is 7. The van der Waals surface area contributed by atoms with Crippen molar-refractivity contribution in [1.82, 2.24) is 14.9 Å². The van der Waals surface area contributed by atoms with Crippen molar-refractivity contribution in [3.05, 3.63) is 48.4 Å². The Bertz CT molecular complexity index is 883. The molecule has 0 bridgehead atoms. The number of anilines is 1. The van der Waals surface area contributed by atoms with Crippen LogP contribution in [-0.4, -0.2) is 70.6 Å². The van der Waals surface area contributed by atoms with Crippen molar-refractivity contribution in [3.63, 3.8) is 0 Å². The molecule has 4 rings (SSSR count). The number of aromatic nitrogens is 2. The molecular weight excluding hydrogens is 429 g/mol. The summed E-state index contributed by atoms with van der Waals surface area (Å²) in [5.74, 6) is -1.03. The van der Waals surface area contributed by atoms with Crippen LogP contribution in [0, 0.1) is 0 Å². The summed E-state index contributed by atoms with van der Waals surface area (Å²) < 4.78 is 43.2. The number of hydrogen-bond donors (Lipinski definition) is 2. The van der Waals surface area contributed by atoms with Gasteiger partial charge in [-0.3, -0.25) is 9.88 Å². The maximum atomic E-state index is 10.6. The number of halogens is 3. The monoisotopic (exact) mass is 454 g/mol. The Morgan fingerprint density at radius 3 is 2.66 bits per heavy atom. The van der Waals surface area contributed by atoms with Crippen LogP contribution in [0.1, 0.15) is 18.4 Å². The second-order valence-electron chi connectivity index (χ2n) is 7.74. The zero-order chi connectivity index (χ0) is 23.2. The lowest BCUT2D eigenvalue weighted by atomic mass is 9.97. The zero-order valence-electron chi connectivity index (χ0n) is 17.5. The van der Waals surface area contributed by atoms with Crippen LogP contribution in [0.25, 0.3) is 0 Å². The molecule has 2 fully saturated rings. The lowest BCUT2D eigenvalue weighted by Crippen LogP contribution is -2.33. The van der Waals surface area contributed by atoms with Crippen LogP contribution < -0.4 is 10.1 Å². The van der Waals surface area contributed by atoms with Gasteiger partial charge in [0.2, 0.25) is 0 Å². The summed E-state index contributed by atoms with van der Waals surface area (Å²) in [5, 5.41) is 10.6. The van der Waals surface area contributed by atoms with E-state index in [9.17, 15) is 13.2 Å². The molecule has 0 radical (unpaired) electrons. The van der Waals surface area contributed by atoms with Crippen molar-refractivity contribution in [3.8, 4) is 5.75 Å². The Labute approximate surface area is 183 Å². The van der Waals surface area contributed by atoms with Gasteiger partial charge in [-0.2, -0.15) is 13.2 Å². The van der Waals surface area contributed by atoms with Gasteiger partial charge in [-0.1, -0.05) is 12.1 Å². The van der Waals surface area contributed by atoms with Crippen molar-refractivity contribution in [1.29, 1.82) is 0 Å². The van der Waals surface area contributed by atoms with Crippen LogP contribution in [0.5, 0.6) is 5.75 Å². The van der Waals surface area contributed by atoms with Gasteiger partial charge in [-0.05, 0) is 24.1 Å². The third-order valence-electron chi connectivity index (χ3n) is 5.33. The van der Waals surface area contributed by atoms with E-state index in [2.05, 4.69) is 32.3 Å². The minimum absolute atomic E-state index is 0.0215. The molecule has 2 unspecified atom stereocenters. The summed E-state index contributed by atoms with van der Waals surface area (Å²) >= 11 is 0. The summed E-state index contributed by atoms with van der Waals surface area (Å²) in [7, 11) is 1.70. The lowest BCUT2D eigenvalue weighted by Gasteiger charge is -2.23. The third-order valence-corrected chi connectivity index (χ3v) is 5.33. The maximum Gasteiger partial charge on any atom is 0.490 e. The molecule has 174 valence electrons. The summed E-state index contributed by atoms with van der Waals surface area (Å²) in [5.41, 5.74) is 1.29. The topological polar surface area (TPSA) is 96.8 Å². The van der Waals surface area contributed by atoms with Gasteiger partial charge in [-0.15, -0.1) is 0 Å². The molecule has 2 N–H and O–H groups in total. The highest BCUT2D eigenvalue weighted by molar-refractivity contribution is 5.73. The van der Waals surface area contributed by atoms with Crippen LogP contribution in [0.15, 0.2) is 42.9 Å². The Morgan fingerprint density at radius 1 is 1.34 bits per heavy atom. The summed E-state index contributed by atoms with van der Waals surface area (Å²) in [6.07, 6.45) is 2.17. The minimum atomic E-state index is -5.08. The van der Waals surface area contributed by atoms with Crippen LogP contribution in [0.3, 0.4) is 0 Å². The molecule has 2 aliphatic rings. The molecule has 3 heterocycles. The van der Waals surface area contributed by atoms with Gasteiger partial charge in [0.1, 0.15) is 11.6 Å². The Morgan fingerprint density at radius 2 is 2.06 bits per heavy atom. The third kappa shape index (κ3) is 6.54. The SMILES string of the molecule is COc1ccc(CN2CCC3(CC(Nc4cnccn4)CO3)C2)cc1.O=C(O)C(F)(F)F. The number of benzene rings is 1. The first-order valence-corrected chi connectivity index (χ1v) is 10.0. The standard InChI is InChI=1S/C19H24N4O2.C2HF3O2/c1-24-17-4-2-15(3-5-17)12-23-9-6-19(14-23)10-16(13-25-19)22-18-11-20-7-8-21-18;3-2(4,5)1(6)7/h2-5,7-8,11,16H,6,9-10,12-14H2,1H3,(H,21,22);(H,6,7). The number of methoxy groups -OCH3 is 1. The number of alkyl halides is 3. The number of carboxylic acids is 1. The minimum Gasteiger partial charge on any atom is -0.497 e. The van der Waals surface area contributed by atoms with Crippen molar-refractivity contribution >= 4 is 11.8 Å². The largest absolute Gasteiger partial charge is 0.497 e. The predicted octanol–water partition coefficient (Wildman–Crippen LogP) is 2.96. The summed E-state index contributed by atoms with van der Waals surface area (Å²) in [6.45, 7) is 3.74. The average molecular weight is 454 g/mol. The van der Waals surface area contributed by atoms with E-state index in [1.165, 1.54) is 5.56 Å². The number of carbonyl (C=O) groups is 1. The second-order valence-corrected chi connectivity index (χ2v) is 7.74. The zero-order valence-corrected chi connectivity index (χ0v) is 17.5. The number of nitrogens with zero attached hydrogens (tertiary/aromatic N) is 3. The summed E-state index contributed by atoms with van der Waals surface area (Å²) in [6, 6.07) is 8.62. The average Bonchev–Trinajstić information content (AvgIpc) is 3.34. The highest BCUT2D eigenvalue weighted by Crippen LogP contribution is 2.36. The number of ether oxygens (including phenoxy) is 2. The fraction of sp³-hybridized carbons (Fsp3) is 0.476. The molecule has 1 spiro atoms. The molecule has 0 amide bonds. The van der Waals surface area contributed by atoms with E-state index in [1.807, 2.05) is 12.1 Å². The van der Waals surface area contributed by atoms with Crippen LogP contribution >= 0.6 is 0 Å². The fourth-order valence-electron chi connectivity index (χ4n) is 3.86. The molecule has 11 heteroatoms. The van der Waals surface area contributed by atoms with Gasteiger partial charge in [0.05, 0.1) is 31.6 Å². The number of nitrogens with one attached hydrogen (secondary N) is 1. The van der Waals surface area contributed by atoms with E-state index < -0.39 is 12.1 Å². The van der Waals surface area contributed by atoms with E-state index >= 15 is 0 Å². The highest BCUT2D eigenvalue weighted by Gasteiger charge is 2.45. The molecule has 2 atom stereocenters. The molecule has 0 saturated carbocycles. The van der Waals surface area contributed by atoms with Crippen LogP contribution in [0.4, 0.5) is 19.0 Å². The van der Waals surface area contributed by atoms with Gasteiger partial charge in [-0.25, -0.2) is 9.78 Å². The van der Waals surface area contributed by atoms with Crippen molar-refractivity contribution < 1.29 is 32.5 Å². The molecule has 2 aliphatic heterocycles. The van der Waals surface area contributed by atoms with E-state index in [-0.39, 0.29) is 5.60 Å². The quantitative estimate of drug-likeness (QED) is 0.712. The van der Waals surface area contributed by atoms with E-state index in [1.54, 1.807) is 25.7 Å². The van der Waals surface area contributed by atoms with Gasteiger partial charge < -0.3 is 19.9 Å². The number of rotatable bonds is 5. The number of carboxylic acid groups (broad SMARTS) is 1. The van der Waals surface area contributed by atoms with Crippen molar-refractivity contribution in [2.75, 3.05) is 32.1 Å². The fourth-order valence-corrected chi connectivity index (χ4v) is 3.86. The van der Waals surface area contributed by atoms with Gasteiger partial charge >= 0.3 is 12.1 Å². The van der Waals surface area contributed by atoms with E-state index in [0.717, 1.165) is 50.7 Å². The van der Waals surface area contributed by atoms with Gasteiger partial charge in [0, 0.05) is 38.4 Å². The van der Waals surface area contributed by atoms with Gasteiger partial charge in [0.15, 0.2) is 0 Å². The molecule has 0 aliphatic carbocycles. The van der Waals surface area contributed by atoms with E-state index in [0.29, 0.717) is 6.04 Å². The first kappa shape index (κ1) is 23.7. The molecule has 32 heavy (non-hydrogen) atoms.